The summed E-state index contributed by atoms with van der Waals surface area (Å²) in [5.41, 5.74) is 0.892. The minimum absolute atomic E-state index is 0.103. The van der Waals surface area contributed by atoms with Gasteiger partial charge in [0.05, 0.1) is 7.11 Å². The predicted octanol–water partition coefficient (Wildman–Crippen LogP) is 3.44. The highest BCUT2D eigenvalue weighted by atomic mass is 16.5. The van der Waals surface area contributed by atoms with Gasteiger partial charge in [-0.15, -0.1) is 0 Å². The highest BCUT2D eigenvalue weighted by molar-refractivity contribution is 5.79. The quantitative estimate of drug-likeness (QED) is 0.686. The molecule has 1 saturated carbocycles. The molecule has 1 aromatic heterocycles. The number of methoxy groups -OCH3 is 1. The van der Waals surface area contributed by atoms with Crippen molar-refractivity contribution in [1.29, 1.82) is 0 Å². The van der Waals surface area contributed by atoms with E-state index in [1.54, 1.807) is 7.11 Å². The topological polar surface area (TPSA) is 74.9 Å². The van der Waals surface area contributed by atoms with Gasteiger partial charge in [-0.1, -0.05) is 24.4 Å². The van der Waals surface area contributed by atoms with Crippen LogP contribution in [0, 0.1) is 5.92 Å². The van der Waals surface area contributed by atoms with Crippen LogP contribution in [0.2, 0.25) is 0 Å². The Balaban J connectivity index is 1.11. The lowest BCUT2D eigenvalue weighted by molar-refractivity contribution is -0.138. The van der Waals surface area contributed by atoms with E-state index >= 15 is 0 Å². The number of amides is 1. The number of hydrogen-bond donors (Lipinski definition) is 0. The Morgan fingerprint density at radius 3 is 2.30 bits per heavy atom. The van der Waals surface area contributed by atoms with Crippen molar-refractivity contribution in [3.05, 3.63) is 24.3 Å². The van der Waals surface area contributed by atoms with Crippen LogP contribution in [0.25, 0.3) is 11.4 Å². The summed E-state index contributed by atoms with van der Waals surface area (Å²) in [4.78, 5) is 24.6. The molecule has 33 heavy (non-hydrogen) atoms. The van der Waals surface area contributed by atoms with Gasteiger partial charge in [0, 0.05) is 56.8 Å². The molecule has 0 spiro atoms. The largest absolute Gasteiger partial charge is 0.497 e. The molecular formula is C25H35N5O3. The lowest BCUT2D eigenvalue weighted by atomic mass is 9.93. The Morgan fingerprint density at radius 1 is 0.939 bits per heavy atom. The van der Waals surface area contributed by atoms with Crippen molar-refractivity contribution in [2.45, 2.75) is 51.0 Å². The zero-order valence-corrected chi connectivity index (χ0v) is 19.6. The van der Waals surface area contributed by atoms with Gasteiger partial charge in [0.2, 0.25) is 11.7 Å². The lowest BCUT2D eigenvalue weighted by Gasteiger charge is -2.42. The maximum Gasteiger partial charge on any atom is 0.324 e. The Kier molecular flexibility index (Phi) is 6.80. The summed E-state index contributed by atoms with van der Waals surface area (Å²) in [5, 5.41) is 4.14. The van der Waals surface area contributed by atoms with Gasteiger partial charge in [0.15, 0.2) is 0 Å². The third kappa shape index (κ3) is 5.00. The Morgan fingerprint density at radius 2 is 1.64 bits per heavy atom. The number of hydrogen-bond acceptors (Lipinski definition) is 7. The van der Waals surface area contributed by atoms with Gasteiger partial charge in [-0.05, 0) is 49.9 Å². The maximum atomic E-state index is 13.1. The SMILES string of the molecule is COc1ccc(-c2noc(N3CCC(C(=O)N4CCN(C5CCCCC5)CC4)CC3)n2)cc1. The van der Waals surface area contributed by atoms with E-state index in [1.807, 2.05) is 24.3 Å². The van der Waals surface area contributed by atoms with Gasteiger partial charge in [-0.25, -0.2) is 0 Å². The minimum Gasteiger partial charge on any atom is -0.497 e. The first kappa shape index (κ1) is 22.2. The second-order valence-corrected chi connectivity index (χ2v) is 9.54. The van der Waals surface area contributed by atoms with Crippen LogP contribution in [-0.4, -0.2) is 78.3 Å². The summed E-state index contributed by atoms with van der Waals surface area (Å²) in [7, 11) is 1.65. The second kappa shape index (κ2) is 10.1. The van der Waals surface area contributed by atoms with Crippen LogP contribution in [-0.2, 0) is 4.79 Å². The first-order chi connectivity index (χ1) is 16.2. The summed E-state index contributed by atoms with van der Waals surface area (Å²) in [6.45, 7) is 5.36. The molecule has 8 heteroatoms. The van der Waals surface area contributed by atoms with Crippen LogP contribution in [0.3, 0.4) is 0 Å². The van der Waals surface area contributed by atoms with E-state index in [1.165, 1.54) is 32.1 Å². The molecule has 2 aliphatic heterocycles. The molecule has 1 amide bonds. The molecule has 8 nitrogen and oxygen atoms in total. The molecule has 2 saturated heterocycles. The smallest absolute Gasteiger partial charge is 0.324 e. The predicted molar refractivity (Wildman–Crippen MR) is 126 cm³/mol. The summed E-state index contributed by atoms with van der Waals surface area (Å²) in [5.74, 6) is 1.81. The molecule has 0 bridgehead atoms. The van der Waals surface area contributed by atoms with Gasteiger partial charge in [0.1, 0.15) is 5.75 Å². The van der Waals surface area contributed by atoms with Gasteiger partial charge < -0.3 is 19.1 Å². The van der Waals surface area contributed by atoms with E-state index < -0.39 is 0 Å². The molecule has 2 aromatic rings. The van der Waals surface area contributed by atoms with E-state index in [0.717, 1.165) is 69.5 Å². The number of anilines is 1. The first-order valence-electron chi connectivity index (χ1n) is 12.5. The molecular weight excluding hydrogens is 418 g/mol. The second-order valence-electron chi connectivity index (χ2n) is 9.54. The van der Waals surface area contributed by atoms with Crippen molar-refractivity contribution in [2.24, 2.45) is 5.92 Å². The third-order valence-electron chi connectivity index (χ3n) is 7.60. The number of carbonyl (C=O) groups excluding carboxylic acids is 1. The first-order valence-corrected chi connectivity index (χ1v) is 12.5. The van der Waals surface area contributed by atoms with Crippen molar-refractivity contribution >= 4 is 11.9 Å². The fourth-order valence-corrected chi connectivity index (χ4v) is 5.53. The van der Waals surface area contributed by atoms with E-state index in [4.69, 9.17) is 9.26 Å². The van der Waals surface area contributed by atoms with Crippen molar-refractivity contribution < 1.29 is 14.1 Å². The third-order valence-corrected chi connectivity index (χ3v) is 7.60. The molecule has 0 unspecified atom stereocenters. The molecule has 0 N–H and O–H groups in total. The fourth-order valence-electron chi connectivity index (χ4n) is 5.53. The van der Waals surface area contributed by atoms with Gasteiger partial charge in [-0.2, -0.15) is 4.98 Å². The highest BCUT2D eigenvalue weighted by Crippen LogP contribution is 2.28. The van der Waals surface area contributed by atoms with Crippen LogP contribution in [0.15, 0.2) is 28.8 Å². The molecule has 0 atom stereocenters. The van der Waals surface area contributed by atoms with Gasteiger partial charge in [0.25, 0.3) is 0 Å². The van der Waals surface area contributed by atoms with Crippen molar-refractivity contribution in [2.75, 3.05) is 51.3 Å². The highest BCUT2D eigenvalue weighted by Gasteiger charge is 2.33. The fraction of sp³-hybridized carbons (Fsp3) is 0.640. The number of ether oxygens (including phenoxy) is 1. The Hall–Kier alpha value is -2.61. The average molecular weight is 454 g/mol. The molecule has 3 aliphatic rings. The summed E-state index contributed by atoms with van der Waals surface area (Å²) < 4.78 is 10.7. The molecule has 1 aromatic carbocycles. The lowest BCUT2D eigenvalue weighted by Crippen LogP contribution is -2.54. The molecule has 178 valence electrons. The number of piperidine rings is 1. The number of piperazine rings is 1. The summed E-state index contributed by atoms with van der Waals surface area (Å²) in [6, 6.07) is 8.90. The van der Waals surface area contributed by atoms with Gasteiger partial charge in [-0.3, -0.25) is 9.69 Å². The summed E-state index contributed by atoms with van der Waals surface area (Å²) >= 11 is 0. The molecule has 1 aliphatic carbocycles. The number of aromatic nitrogens is 2. The van der Waals surface area contributed by atoms with E-state index in [2.05, 4.69) is 24.8 Å². The van der Waals surface area contributed by atoms with E-state index in [-0.39, 0.29) is 5.92 Å². The molecule has 3 fully saturated rings. The van der Waals surface area contributed by atoms with E-state index in [9.17, 15) is 4.79 Å². The van der Waals surface area contributed by atoms with Crippen molar-refractivity contribution in [1.82, 2.24) is 19.9 Å². The zero-order valence-electron chi connectivity index (χ0n) is 19.6. The zero-order chi connectivity index (χ0) is 22.6. The molecule has 0 radical (unpaired) electrons. The average Bonchev–Trinajstić information content (AvgIpc) is 3.39. The Bertz CT molecular complexity index is 908. The number of benzene rings is 1. The van der Waals surface area contributed by atoms with E-state index in [0.29, 0.717) is 17.7 Å². The Labute approximate surface area is 195 Å². The van der Waals surface area contributed by atoms with Crippen LogP contribution in [0.4, 0.5) is 6.01 Å². The molecule has 5 rings (SSSR count). The number of nitrogens with zero attached hydrogens (tertiary/aromatic N) is 5. The maximum absolute atomic E-state index is 13.1. The normalized spacial score (nSPS) is 21.4. The van der Waals surface area contributed by atoms with Crippen LogP contribution in [0.5, 0.6) is 5.75 Å². The molecule has 3 heterocycles. The van der Waals surface area contributed by atoms with Crippen LogP contribution >= 0.6 is 0 Å². The monoisotopic (exact) mass is 453 g/mol. The minimum atomic E-state index is 0.103. The van der Waals surface area contributed by atoms with Gasteiger partial charge >= 0.3 is 6.01 Å². The van der Waals surface area contributed by atoms with Crippen molar-refractivity contribution in [3.63, 3.8) is 0 Å². The van der Waals surface area contributed by atoms with Crippen LogP contribution in [0.1, 0.15) is 44.9 Å². The van der Waals surface area contributed by atoms with Crippen molar-refractivity contribution in [3.8, 4) is 17.1 Å². The number of rotatable bonds is 5. The standard InChI is InChI=1S/C25H35N5O3/c1-32-22-9-7-19(8-10-22)23-26-25(33-27-23)30-13-11-20(12-14-30)24(31)29-17-15-28(16-18-29)21-5-3-2-4-6-21/h7-10,20-21H,2-6,11-18H2,1H3. The summed E-state index contributed by atoms with van der Waals surface area (Å²) in [6.07, 6.45) is 8.46. The number of carbonyl (C=O) groups is 1. The van der Waals surface area contributed by atoms with Crippen LogP contribution < -0.4 is 9.64 Å².